The first-order chi connectivity index (χ1) is 15.1. The molecule has 0 radical (unpaired) electrons. The van der Waals surface area contributed by atoms with E-state index in [4.69, 9.17) is 13.6 Å². The van der Waals surface area contributed by atoms with Crippen molar-refractivity contribution in [2.45, 2.75) is 44.8 Å². The number of carbonyl (C=O) groups is 1. The second kappa shape index (κ2) is 8.49. The standard InChI is InChI=1S/C21H24N4O6S/c1-12-9-18(15(4)30-12)20-23-24-21(31-20)22-19(26)16-5-7-17(8-6-16)32(27,28)25-10-13(2)29-14(3)11-25/h5-9,13-14H,10-11H2,1-4H3,(H,22,24,26). The largest absolute Gasteiger partial charge is 0.466 e. The van der Waals surface area contributed by atoms with Crippen LogP contribution in [-0.4, -0.2) is 54.1 Å². The highest BCUT2D eigenvalue weighted by atomic mass is 32.2. The summed E-state index contributed by atoms with van der Waals surface area (Å²) >= 11 is 0. The van der Waals surface area contributed by atoms with E-state index in [1.165, 1.54) is 28.6 Å². The number of aryl methyl sites for hydroxylation is 2. The second-order valence-electron chi connectivity index (χ2n) is 7.80. The summed E-state index contributed by atoms with van der Waals surface area (Å²) in [6.45, 7) is 7.82. The van der Waals surface area contributed by atoms with Gasteiger partial charge in [-0.25, -0.2) is 8.42 Å². The fourth-order valence-electron chi connectivity index (χ4n) is 3.65. The van der Waals surface area contributed by atoms with Crippen LogP contribution in [0.2, 0.25) is 0 Å². The normalized spacial score (nSPS) is 19.8. The first-order valence-electron chi connectivity index (χ1n) is 10.1. The smallest absolute Gasteiger partial charge is 0.322 e. The van der Waals surface area contributed by atoms with Crippen molar-refractivity contribution in [1.29, 1.82) is 0 Å². The maximum atomic E-state index is 12.9. The fourth-order valence-corrected chi connectivity index (χ4v) is 5.24. The molecule has 0 aliphatic carbocycles. The number of benzene rings is 1. The van der Waals surface area contributed by atoms with E-state index in [1.807, 2.05) is 13.8 Å². The predicted molar refractivity (Wildman–Crippen MR) is 115 cm³/mol. The summed E-state index contributed by atoms with van der Waals surface area (Å²) in [7, 11) is -3.69. The van der Waals surface area contributed by atoms with Crippen LogP contribution in [-0.2, 0) is 14.8 Å². The van der Waals surface area contributed by atoms with Crippen LogP contribution in [0.3, 0.4) is 0 Å². The lowest BCUT2D eigenvalue weighted by Crippen LogP contribution is -2.48. The molecule has 1 saturated heterocycles. The molecule has 32 heavy (non-hydrogen) atoms. The van der Waals surface area contributed by atoms with Gasteiger partial charge in [0, 0.05) is 18.7 Å². The number of carbonyl (C=O) groups excluding carboxylic acids is 1. The van der Waals surface area contributed by atoms with E-state index in [1.54, 1.807) is 19.9 Å². The van der Waals surface area contributed by atoms with Crippen molar-refractivity contribution >= 4 is 21.9 Å². The average Bonchev–Trinajstić information content (AvgIpc) is 3.32. The number of morpholine rings is 1. The molecule has 0 spiro atoms. The fraction of sp³-hybridized carbons (Fsp3) is 0.381. The number of sulfonamides is 1. The van der Waals surface area contributed by atoms with Crippen LogP contribution >= 0.6 is 0 Å². The van der Waals surface area contributed by atoms with Crippen molar-refractivity contribution < 1.29 is 26.8 Å². The minimum absolute atomic E-state index is 0.0729. The van der Waals surface area contributed by atoms with Crippen molar-refractivity contribution in [2.75, 3.05) is 18.4 Å². The number of nitrogens with zero attached hydrogens (tertiary/aromatic N) is 3. The summed E-state index contributed by atoms with van der Waals surface area (Å²) in [4.78, 5) is 12.7. The molecule has 10 nitrogen and oxygen atoms in total. The topological polar surface area (TPSA) is 128 Å². The number of amides is 1. The average molecular weight is 461 g/mol. The lowest BCUT2D eigenvalue weighted by molar-refractivity contribution is -0.0440. The molecule has 1 aliphatic heterocycles. The maximum Gasteiger partial charge on any atom is 0.322 e. The zero-order valence-corrected chi connectivity index (χ0v) is 19.0. The van der Waals surface area contributed by atoms with Crippen molar-refractivity contribution in [3.05, 3.63) is 47.4 Å². The van der Waals surface area contributed by atoms with Crippen LogP contribution in [0.15, 0.2) is 44.1 Å². The van der Waals surface area contributed by atoms with E-state index in [2.05, 4.69) is 15.5 Å². The van der Waals surface area contributed by atoms with Gasteiger partial charge in [-0.05, 0) is 58.0 Å². The third-order valence-electron chi connectivity index (χ3n) is 5.06. The van der Waals surface area contributed by atoms with Gasteiger partial charge in [0.15, 0.2) is 0 Å². The first-order valence-corrected chi connectivity index (χ1v) is 11.6. The molecule has 0 bridgehead atoms. The summed E-state index contributed by atoms with van der Waals surface area (Å²) in [5.41, 5.74) is 0.902. The van der Waals surface area contributed by atoms with Crippen LogP contribution in [0.4, 0.5) is 6.01 Å². The Morgan fingerprint density at radius 2 is 1.72 bits per heavy atom. The summed E-state index contributed by atoms with van der Waals surface area (Å²) < 4.78 is 43.9. The summed E-state index contributed by atoms with van der Waals surface area (Å²) in [5.74, 6) is 1.06. The molecule has 170 valence electrons. The van der Waals surface area contributed by atoms with Crippen LogP contribution in [0.1, 0.15) is 35.7 Å². The number of furan rings is 1. The van der Waals surface area contributed by atoms with Crippen molar-refractivity contribution in [1.82, 2.24) is 14.5 Å². The van der Waals surface area contributed by atoms with E-state index in [9.17, 15) is 13.2 Å². The van der Waals surface area contributed by atoms with E-state index in [-0.39, 0.29) is 47.7 Å². The van der Waals surface area contributed by atoms with Gasteiger partial charge in [-0.1, -0.05) is 5.10 Å². The van der Waals surface area contributed by atoms with Gasteiger partial charge >= 0.3 is 6.01 Å². The molecule has 11 heteroatoms. The second-order valence-corrected chi connectivity index (χ2v) is 9.74. The Hall–Kier alpha value is -3.02. The molecule has 4 rings (SSSR count). The van der Waals surface area contributed by atoms with Crippen LogP contribution in [0.5, 0.6) is 0 Å². The molecule has 1 aliphatic rings. The van der Waals surface area contributed by atoms with Gasteiger partial charge in [0.25, 0.3) is 11.8 Å². The first kappa shape index (κ1) is 22.2. The third kappa shape index (κ3) is 4.45. The summed E-state index contributed by atoms with van der Waals surface area (Å²) in [6.07, 6.45) is -0.375. The van der Waals surface area contributed by atoms with Gasteiger partial charge in [-0.2, -0.15) is 4.31 Å². The van der Waals surface area contributed by atoms with E-state index in [0.717, 1.165) is 0 Å². The van der Waals surface area contributed by atoms with Gasteiger partial charge < -0.3 is 13.6 Å². The van der Waals surface area contributed by atoms with Crippen molar-refractivity contribution in [3.8, 4) is 11.5 Å². The molecule has 3 aromatic rings. The van der Waals surface area contributed by atoms with Crippen LogP contribution in [0, 0.1) is 13.8 Å². The maximum absolute atomic E-state index is 12.9. The number of anilines is 1. The van der Waals surface area contributed by atoms with Crippen molar-refractivity contribution in [3.63, 3.8) is 0 Å². The van der Waals surface area contributed by atoms with Crippen LogP contribution in [0.25, 0.3) is 11.5 Å². The molecular formula is C21H24N4O6S. The lowest BCUT2D eigenvalue weighted by Gasteiger charge is -2.34. The highest BCUT2D eigenvalue weighted by Crippen LogP contribution is 2.27. The molecule has 2 aromatic heterocycles. The van der Waals surface area contributed by atoms with Crippen LogP contribution < -0.4 is 5.32 Å². The summed E-state index contributed by atoms with van der Waals surface area (Å²) in [6, 6.07) is 7.39. The third-order valence-corrected chi connectivity index (χ3v) is 6.90. The minimum atomic E-state index is -3.69. The Balaban J connectivity index is 1.46. The van der Waals surface area contributed by atoms with E-state index in [0.29, 0.717) is 17.1 Å². The highest BCUT2D eigenvalue weighted by molar-refractivity contribution is 7.89. The van der Waals surface area contributed by atoms with Gasteiger partial charge in [-0.15, -0.1) is 5.10 Å². The molecule has 1 N–H and O–H groups in total. The molecule has 1 amide bonds. The zero-order chi connectivity index (χ0) is 23.0. The molecule has 2 atom stereocenters. The van der Waals surface area contributed by atoms with E-state index < -0.39 is 15.9 Å². The number of hydrogen-bond acceptors (Lipinski definition) is 8. The Bertz CT molecular complexity index is 1220. The highest BCUT2D eigenvalue weighted by Gasteiger charge is 2.32. The Morgan fingerprint density at radius 3 is 2.31 bits per heavy atom. The summed E-state index contributed by atoms with van der Waals surface area (Å²) in [5, 5.41) is 10.3. The minimum Gasteiger partial charge on any atom is -0.466 e. The Morgan fingerprint density at radius 1 is 1.06 bits per heavy atom. The van der Waals surface area contributed by atoms with E-state index >= 15 is 0 Å². The Labute approximate surface area is 185 Å². The number of nitrogens with one attached hydrogen (secondary N) is 1. The molecular weight excluding hydrogens is 436 g/mol. The molecule has 2 unspecified atom stereocenters. The van der Waals surface area contributed by atoms with Gasteiger partial charge in [0.2, 0.25) is 10.0 Å². The molecule has 0 saturated carbocycles. The number of rotatable bonds is 5. The Kier molecular flexibility index (Phi) is 5.89. The number of ether oxygens (including phenoxy) is 1. The van der Waals surface area contributed by atoms with Gasteiger partial charge in [0.1, 0.15) is 11.5 Å². The zero-order valence-electron chi connectivity index (χ0n) is 18.2. The molecule has 1 aromatic carbocycles. The van der Waals surface area contributed by atoms with Gasteiger partial charge in [-0.3, -0.25) is 10.1 Å². The molecule has 3 heterocycles. The molecule has 1 fully saturated rings. The monoisotopic (exact) mass is 460 g/mol. The predicted octanol–water partition coefficient (Wildman–Crippen LogP) is 3.00. The number of hydrogen-bond donors (Lipinski definition) is 1. The number of aromatic nitrogens is 2. The van der Waals surface area contributed by atoms with Crippen molar-refractivity contribution in [2.24, 2.45) is 0 Å². The van der Waals surface area contributed by atoms with Gasteiger partial charge in [0.05, 0.1) is 22.7 Å². The quantitative estimate of drug-likeness (QED) is 0.615. The lowest BCUT2D eigenvalue weighted by atomic mass is 10.2. The SMILES string of the molecule is Cc1cc(-c2nnc(NC(=O)c3ccc(S(=O)(=O)N4CC(C)OC(C)C4)cc3)o2)c(C)o1.